The van der Waals surface area contributed by atoms with Gasteiger partial charge in [-0.1, -0.05) is 36.4 Å². The van der Waals surface area contributed by atoms with Crippen molar-refractivity contribution in [3.05, 3.63) is 94.7 Å². The van der Waals surface area contributed by atoms with Gasteiger partial charge >= 0.3 is 0 Å². The molecule has 1 atom stereocenters. The van der Waals surface area contributed by atoms with Gasteiger partial charge in [0.1, 0.15) is 29.7 Å². The molecule has 0 bridgehead atoms. The summed E-state index contributed by atoms with van der Waals surface area (Å²) in [6, 6.07) is 19.5. The Balaban J connectivity index is 1.43. The standard InChI is InChI=1S/C29H22N4O5/c1-16-10-11-17-6-5-9-24(25(17)31-16)38-15-21-20(14-30)22(12-13-23(21)37-2)32-29(36)26-27(34)18-7-3-4-8-19(18)28(35)33-26/h3-13,26H,15H2,1-2H3,(H,32,36)(H,33,35). The lowest BCUT2D eigenvalue weighted by molar-refractivity contribution is -0.117. The largest absolute Gasteiger partial charge is 0.496 e. The van der Waals surface area contributed by atoms with E-state index in [0.29, 0.717) is 22.6 Å². The van der Waals surface area contributed by atoms with Gasteiger partial charge in [0.2, 0.25) is 0 Å². The van der Waals surface area contributed by atoms with Crippen molar-refractivity contribution in [3.8, 4) is 17.6 Å². The Kier molecular flexibility index (Phi) is 6.46. The number of methoxy groups -OCH3 is 1. The highest BCUT2D eigenvalue weighted by Crippen LogP contribution is 2.32. The number of carbonyl (C=O) groups is 3. The zero-order chi connectivity index (χ0) is 26.8. The van der Waals surface area contributed by atoms with Crippen molar-refractivity contribution < 1.29 is 23.9 Å². The average Bonchev–Trinajstić information content (AvgIpc) is 2.93. The summed E-state index contributed by atoms with van der Waals surface area (Å²) in [6.45, 7) is 1.84. The van der Waals surface area contributed by atoms with Gasteiger partial charge in [0.25, 0.3) is 11.8 Å². The van der Waals surface area contributed by atoms with E-state index in [1.165, 1.54) is 25.3 Å². The number of aryl methyl sites for hydroxylation is 1. The molecule has 1 aliphatic rings. The van der Waals surface area contributed by atoms with E-state index in [9.17, 15) is 19.6 Å². The van der Waals surface area contributed by atoms with Gasteiger partial charge in [-0.3, -0.25) is 14.4 Å². The predicted molar refractivity (Wildman–Crippen MR) is 139 cm³/mol. The third kappa shape index (κ3) is 4.40. The number of nitrogens with one attached hydrogen (secondary N) is 2. The van der Waals surface area contributed by atoms with Gasteiger partial charge in [-0.2, -0.15) is 5.26 Å². The fourth-order valence-electron chi connectivity index (χ4n) is 4.39. The van der Waals surface area contributed by atoms with E-state index in [2.05, 4.69) is 21.7 Å². The highest BCUT2D eigenvalue weighted by molar-refractivity contribution is 6.25. The quantitative estimate of drug-likeness (QED) is 0.379. The second kappa shape index (κ2) is 10.0. The van der Waals surface area contributed by atoms with Crippen LogP contribution in [0.25, 0.3) is 10.9 Å². The van der Waals surface area contributed by atoms with Gasteiger partial charge in [0.15, 0.2) is 11.8 Å². The van der Waals surface area contributed by atoms with Gasteiger partial charge in [-0.15, -0.1) is 0 Å². The second-order valence-corrected chi connectivity index (χ2v) is 8.66. The van der Waals surface area contributed by atoms with E-state index < -0.39 is 23.6 Å². The minimum atomic E-state index is -1.43. The normalized spacial score (nSPS) is 14.3. The summed E-state index contributed by atoms with van der Waals surface area (Å²) >= 11 is 0. The van der Waals surface area contributed by atoms with Crippen LogP contribution in [-0.2, 0) is 11.4 Å². The van der Waals surface area contributed by atoms with Crippen molar-refractivity contribution in [3.63, 3.8) is 0 Å². The molecule has 188 valence electrons. The third-order valence-corrected chi connectivity index (χ3v) is 6.29. The first-order chi connectivity index (χ1) is 18.4. The maximum Gasteiger partial charge on any atom is 0.255 e. The van der Waals surface area contributed by atoms with Crippen LogP contribution in [0.3, 0.4) is 0 Å². The number of rotatable bonds is 6. The number of carbonyl (C=O) groups excluding carboxylic acids is 3. The molecule has 9 nitrogen and oxygen atoms in total. The van der Waals surface area contributed by atoms with Crippen LogP contribution in [0, 0.1) is 18.3 Å². The number of pyridine rings is 1. The van der Waals surface area contributed by atoms with Crippen molar-refractivity contribution in [1.29, 1.82) is 5.26 Å². The molecule has 0 saturated heterocycles. The summed E-state index contributed by atoms with van der Waals surface area (Å²) in [6.07, 6.45) is 0. The number of hydrogen-bond acceptors (Lipinski definition) is 7. The first-order valence-corrected chi connectivity index (χ1v) is 11.8. The molecule has 2 N–H and O–H groups in total. The number of nitriles is 1. The van der Waals surface area contributed by atoms with Crippen LogP contribution >= 0.6 is 0 Å². The number of ether oxygens (including phenoxy) is 2. The van der Waals surface area contributed by atoms with Gasteiger partial charge in [-0.25, -0.2) is 4.98 Å². The van der Waals surface area contributed by atoms with E-state index in [1.807, 2.05) is 31.2 Å². The van der Waals surface area contributed by atoms with Crippen LogP contribution in [0.2, 0.25) is 0 Å². The lowest BCUT2D eigenvalue weighted by Gasteiger charge is -2.24. The summed E-state index contributed by atoms with van der Waals surface area (Å²) in [4.78, 5) is 43.0. The Morgan fingerprint density at radius 1 is 1.03 bits per heavy atom. The van der Waals surface area contributed by atoms with Crippen molar-refractivity contribution >= 4 is 34.2 Å². The van der Waals surface area contributed by atoms with Crippen LogP contribution in [0.15, 0.2) is 66.7 Å². The van der Waals surface area contributed by atoms with Gasteiger partial charge in [0.05, 0.1) is 29.5 Å². The number of amides is 2. The molecular weight excluding hydrogens is 484 g/mol. The van der Waals surface area contributed by atoms with Crippen molar-refractivity contribution in [2.24, 2.45) is 0 Å². The molecule has 38 heavy (non-hydrogen) atoms. The third-order valence-electron chi connectivity index (χ3n) is 6.29. The summed E-state index contributed by atoms with van der Waals surface area (Å²) < 4.78 is 11.5. The fraction of sp³-hybridized carbons (Fsp3) is 0.138. The maximum absolute atomic E-state index is 13.1. The van der Waals surface area contributed by atoms with Crippen LogP contribution < -0.4 is 20.1 Å². The predicted octanol–water partition coefficient (Wildman–Crippen LogP) is 3.94. The number of benzene rings is 3. The second-order valence-electron chi connectivity index (χ2n) is 8.66. The lowest BCUT2D eigenvalue weighted by Crippen LogP contribution is -2.52. The van der Waals surface area contributed by atoms with E-state index in [1.54, 1.807) is 24.3 Å². The number of para-hydroxylation sites is 1. The van der Waals surface area contributed by atoms with E-state index in [0.717, 1.165) is 11.1 Å². The molecule has 2 amide bonds. The van der Waals surface area contributed by atoms with Crippen LogP contribution in [0.5, 0.6) is 11.5 Å². The Morgan fingerprint density at radius 2 is 1.82 bits per heavy atom. The summed E-state index contributed by atoms with van der Waals surface area (Å²) in [7, 11) is 1.47. The molecule has 0 saturated carbocycles. The number of anilines is 1. The number of aromatic nitrogens is 1. The summed E-state index contributed by atoms with van der Waals surface area (Å²) in [5.41, 5.74) is 2.56. The molecule has 1 aromatic heterocycles. The molecule has 0 radical (unpaired) electrons. The minimum Gasteiger partial charge on any atom is -0.496 e. The Labute approximate surface area is 218 Å². The molecule has 4 aromatic rings. The molecule has 5 rings (SSSR count). The average molecular weight is 507 g/mol. The number of nitrogens with zero attached hydrogens (tertiary/aromatic N) is 2. The maximum atomic E-state index is 13.1. The Bertz CT molecular complexity index is 1660. The zero-order valence-corrected chi connectivity index (χ0v) is 20.6. The number of Topliss-reactive ketones (excluding diaryl/α,β-unsaturated/α-hetero) is 1. The van der Waals surface area contributed by atoms with Gasteiger partial charge in [-0.05, 0) is 37.3 Å². The SMILES string of the molecule is COc1ccc(NC(=O)C2NC(=O)c3ccccc3C2=O)c(C#N)c1COc1cccc2ccc(C)nc12. The lowest BCUT2D eigenvalue weighted by atomic mass is 9.93. The molecule has 1 unspecified atom stereocenters. The van der Waals surface area contributed by atoms with E-state index in [-0.39, 0.29) is 29.0 Å². The Morgan fingerprint density at radius 3 is 2.58 bits per heavy atom. The first-order valence-electron chi connectivity index (χ1n) is 11.8. The smallest absolute Gasteiger partial charge is 0.255 e. The number of hydrogen-bond donors (Lipinski definition) is 2. The van der Waals surface area contributed by atoms with Crippen LogP contribution in [0.1, 0.15) is 37.5 Å². The molecule has 3 aromatic carbocycles. The summed E-state index contributed by atoms with van der Waals surface area (Å²) in [5, 5.41) is 16.0. The molecular formula is C29H22N4O5. The highest BCUT2D eigenvalue weighted by atomic mass is 16.5. The molecule has 0 spiro atoms. The van der Waals surface area contributed by atoms with Gasteiger partial charge < -0.3 is 20.1 Å². The fourth-order valence-corrected chi connectivity index (χ4v) is 4.39. The van der Waals surface area contributed by atoms with Gasteiger partial charge in [0, 0.05) is 16.6 Å². The Hall–Kier alpha value is -5.23. The van der Waals surface area contributed by atoms with Crippen LogP contribution in [0.4, 0.5) is 5.69 Å². The first kappa shape index (κ1) is 24.5. The summed E-state index contributed by atoms with van der Waals surface area (Å²) in [5.74, 6) is -0.906. The van der Waals surface area contributed by atoms with Crippen LogP contribution in [-0.4, -0.2) is 35.7 Å². The van der Waals surface area contributed by atoms with E-state index >= 15 is 0 Å². The van der Waals surface area contributed by atoms with Crippen molar-refractivity contribution in [1.82, 2.24) is 10.3 Å². The molecule has 0 aliphatic carbocycles. The molecule has 9 heteroatoms. The topological polar surface area (TPSA) is 130 Å². The number of fused-ring (bicyclic) bond motifs is 2. The van der Waals surface area contributed by atoms with Crippen molar-refractivity contribution in [2.45, 2.75) is 19.6 Å². The zero-order valence-electron chi connectivity index (χ0n) is 20.6. The molecule has 2 heterocycles. The van der Waals surface area contributed by atoms with Crippen molar-refractivity contribution in [2.75, 3.05) is 12.4 Å². The highest BCUT2D eigenvalue weighted by Gasteiger charge is 2.36. The molecule has 0 fully saturated rings. The monoisotopic (exact) mass is 506 g/mol. The molecule has 1 aliphatic heterocycles. The number of ketones is 1. The van der Waals surface area contributed by atoms with E-state index in [4.69, 9.17) is 9.47 Å². The minimum absolute atomic E-state index is 0.0447.